The molecule has 6 rings (SSSR count). The molecule has 3 N–H and O–H groups in total. The number of benzene rings is 2. The van der Waals surface area contributed by atoms with E-state index in [1.807, 2.05) is 6.07 Å². The lowest BCUT2D eigenvalue weighted by atomic mass is 9.85. The number of ether oxygens (including phenoxy) is 1. The molecule has 2 bridgehead atoms. The zero-order valence-electron chi connectivity index (χ0n) is 21.5. The van der Waals surface area contributed by atoms with Crippen LogP contribution in [-0.2, 0) is 12.8 Å². The Balaban J connectivity index is 1.04. The van der Waals surface area contributed by atoms with E-state index in [2.05, 4.69) is 35.4 Å². The third-order valence-electron chi connectivity index (χ3n) is 8.43. The summed E-state index contributed by atoms with van der Waals surface area (Å²) in [4.78, 5) is 14.3. The van der Waals surface area contributed by atoms with Gasteiger partial charge in [0, 0.05) is 17.9 Å². The number of nitrogens with zero attached hydrogens (tertiary/aromatic N) is 1. The van der Waals surface area contributed by atoms with Crippen molar-refractivity contribution in [3.63, 3.8) is 0 Å². The maximum atomic E-state index is 11.6. The predicted octanol–water partition coefficient (Wildman–Crippen LogP) is 4.32. The first-order valence-corrected chi connectivity index (χ1v) is 13.6. The van der Waals surface area contributed by atoms with Gasteiger partial charge >= 0.3 is 0 Å². The van der Waals surface area contributed by atoms with E-state index in [1.54, 1.807) is 12.1 Å². The van der Waals surface area contributed by atoms with Crippen molar-refractivity contribution in [2.45, 2.75) is 45.4 Å². The molecule has 36 heavy (non-hydrogen) atoms. The molecule has 0 spiro atoms. The summed E-state index contributed by atoms with van der Waals surface area (Å²) in [5.41, 5.74) is 3.94. The zero-order valence-corrected chi connectivity index (χ0v) is 21.5. The third-order valence-corrected chi connectivity index (χ3v) is 8.43. The van der Waals surface area contributed by atoms with Crippen LogP contribution in [0.2, 0.25) is 0 Å². The minimum Gasteiger partial charge on any atom is -0.506 e. The number of phenols is 1. The zero-order chi connectivity index (χ0) is 25.0. The number of H-pyrrole nitrogens is 1. The smallest absolute Gasteiger partial charge is 0.248 e. The number of pyridine rings is 1. The fourth-order valence-electron chi connectivity index (χ4n) is 6.18. The summed E-state index contributed by atoms with van der Waals surface area (Å²) in [6.07, 6.45) is 7.24. The fourth-order valence-corrected chi connectivity index (χ4v) is 6.18. The number of piperidine rings is 3. The van der Waals surface area contributed by atoms with E-state index in [0.29, 0.717) is 5.52 Å². The molecule has 3 aliphatic rings. The second-order valence-corrected chi connectivity index (χ2v) is 10.9. The normalized spacial score (nSPS) is 21.2. The molecule has 4 heterocycles. The second-order valence-electron chi connectivity index (χ2n) is 10.9. The van der Waals surface area contributed by atoms with Gasteiger partial charge in [0.05, 0.1) is 38.3 Å². The van der Waals surface area contributed by atoms with E-state index in [-0.39, 0.29) is 11.3 Å². The topological polar surface area (TPSA) is 74.4 Å². The predicted molar refractivity (Wildman–Crippen MR) is 145 cm³/mol. The molecule has 0 amide bonds. The van der Waals surface area contributed by atoms with Crippen LogP contribution in [0.3, 0.4) is 0 Å². The monoisotopic (exact) mass is 490 g/mol. The highest BCUT2D eigenvalue weighted by atomic mass is 16.5. The van der Waals surface area contributed by atoms with Crippen molar-refractivity contribution >= 4 is 10.9 Å². The van der Waals surface area contributed by atoms with Gasteiger partial charge in [0.25, 0.3) is 0 Å². The molecule has 0 unspecified atom stereocenters. The first-order valence-electron chi connectivity index (χ1n) is 13.6. The average molecular weight is 491 g/mol. The van der Waals surface area contributed by atoms with Crippen LogP contribution in [-0.4, -0.2) is 60.4 Å². The Bertz CT molecular complexity index is 1230. The number of aromatic amines is 1. The molecule has 0 atom stereocenters. The average Bonchev–Trinajstić information content (AvgIpc) is 2.90. The fraction of sp³-hybridized carbons (Fsp3) is 0.500. The van der Waals surface area contributed by atoms with Crippen molar-refractivity contribution in [3.8, 4) is 11.5 Å². The van der Waals surface area contributed by atoms with Gasteiger partial charge in [0.1, 0.15) is 11.5 Å². The van der Waals surface area contributed by atoms with Gasteiger partial charge in [-0.05, 0) is 92.9 Å². The number of aryl methyl sites for hydroxylation is 1. The number of hydrogen-bond donors (Lipinski definition) is 3. The summed E-state index contributed by atoms with van der Waals surface area (Å²) in [7, 11) is 0. The molecular formula is C30H40N3O3+. The molecular weight excluding hydrogens is 450 g/mol. The summed E-state index contributed by atoms with van der Waals surface area (Å²) in [6.45, 7) is 10.1. The summed E-state index contributed by atoms with van der Waals surface area (Å²) in [6, 6.07) is 13.4. The maximum absolute atomic E-state index is 11.6. The highest BCUT2D eigenvalue weighted by Crippen LogP contribution is 2.33. The lowest BCUT2D eigenvalue weighted by Gasteiger charge is -2.49. The molecule has 3 fully saturated rings. The summed E-state index contributed by atoms with van der Waals surface area (Å²) in [5.74, 6) is 2.14. The van der Waals surface area contributed by atoms with Gasteiger partial charge in [0.15, 0.2) is 0 Å². The lowest BCUT2D eigenvalue weighted by molar-refractivity contribution is -0.942. The molecule has 0 saturated carbocycles. The summed E-state index contributed by atoms with van der Waals surface area (Å²) < 4.78 is 7.50. The van der Waals surface area contributed by atoms with Crippen LogP contribution < -0.4 is 15.6 Å². The van der Waals surface area contributed by atoms with Gasteiger partial charge in [-0.15, -0.1) is 0 Å². The van der Waals surface area contributed by atoms with Crippen LogP contribution in [0.1, 0.15) is 42.4 Å². The quantitative estimate of drug-likeness (QED) is 0.277. The maximum Gasteiger partial charge on any atom is 0.248 e. The van der Waals surface area contributed by atoms with E-state index in [4.69, 9.17) is 4.74 Å². The number of rotatable bonds is 11. The van der Waals surface area contributed by atoms with Gasteiger partial charge in [-0.1, -0.05) is 18.2 Å². The lowest BCUT2D eigenvalue weighted by Crippen LogP contribution is -2.58. The number of fused-ring (bicyclic) bond motifs is 4. The van der Waals surface area contributed by atoms with Crippen molar-refractivity contribution in [2.24, 2.45) is 5.92 Å². The van der Waals surface area contributed by atoms with Crippen molar-refractivity contribution in [3.05, 3.63) is 69.5 Å². The van der Waals surface area contributed by atoms with Crippen molar-refractivity contribution < 1.29 is 14.3 Å². The molecule has 1 aromatic heterocycles. The van der Waals surface area contributed by atoms with Crippen LogP contribution >= 0.6 is 0 Å². The van der Waals surface area contributed by atoms with Gasteiger partial charge in [-0.3, -0.25) is 4.79 Å². The first-order chi connectivity index (χ1) is 17.5. The van der Waals surface area contributed by atoms with Crippen LogP contribution in [0, 0.1) is 12.8 Å². The molecule has 0 aliphatic carbocycles. The second kappa shape index (κ2) is 11.1. The molecule has 3 aromatic rings. The highest BCUT2D eigenvalue weighted by molar-refractivity contribution is 5.87. The van der Waals surface area contributed by atoms with Crippen molar-refractivity contribution in [1.82, 2.24) is 10.3 Å². The number of quaternary nitrogens is 1. The van der Waals surface area contributed by atoms with E-state index in [9.17, 15) is 9.90 Å². The largest absolute Gasteiger partial charge is 0.506 e. The van der Waals surface area contributed by atoms with E-state index >= 15 is 0 Å². The number of phenolic OH excluding ortho intramolecular Hbond substituents is 1. The molecule has 3 aliphatic heterocycles. The molecule has 6 heteroatoms. The van der Waals surface area contributed by atoms with Crippen LogP contribution in [0.15, 0.2) is 47.3 Å². The Morgan fingerprint density at radius 2 is 1.81 bits per heavy atom. The highest BCUT2D eigenvalue weighted by Gasteiger charge is 2.38. The molecule has 3 saturated heterocycles. The van der Waals surface area contributed by atoms with Gasteiger partial charge < -0.3 is 24.6 Å². The Labute approximate surface area is 213 Å². The van der Waals surface area contributed by atoms with Crippen LogP contribution in [0.5, 0.6) is 11.5 Å². The number of aromatic hydroxyl groups is 1. The van der Waals surface area contributed by atoms with E-state index in [1.165, 1.54) is 67.1 Å². The summed E-state index contributed by atoms with van der Waals surface area (Å²) >= 11 is 0. The number of hydrogen-bond acceptors (Lipinski definition) is 4. The van der Waals surface area contributed by atoms with Crippen molar-refractivity contribution in [1.29, 1.82) is 0 Å². The van der Waals surface area contributed by atoms with Gasteiger partial charge in [-0.25, -0.2) is 0 Å². The SMILES string of the molecule is Cc1cc(CCNCCc2ccc(O)c3[nH]c(=O)ccc23)ccc1OCCC[N+]12CCC(CC1)CC2. The minimum absolute atomic E-state index is 0.109. The van der Waals surface area contributed by atoms with Crippen LogP contribution in [0.4, 0.5) is 0 Å². The van der Waals surface area contributed by atoms with E-state index in [0.717, 1.165) is 61.6 Å². The number of aromatic nitrogens is 1. The Morgan fingerprint density at radius 3 is 2.58 bits per heavy atom. The Morgan fingerprint density at radius 1 is 1.03 bits per heavy atom. The molecule has 6 nitrogen and oxygen atoms in total. The Kier molecular flexibility index (Phi) is 7.63. The Hall–Kier alpha value is -2.83. The van der Waals surface area contributed by atoms with Crippen LogP contribution in [0.25, 0.3) is 10.9 Å². The van der Waals surface area contributed by atoms with Crippen molar-refractivity contribution in [2.75, 3.05) is 45.9 Å². The number of nitrogens with one attached hydrogen (secondary N) is 2. The molecule has 192 valence electrons. The summed E-state index contributed by atoms with van der Waals surface area (Å²) in [5, 5.41) is 14.5. The standard InChI is InChI=1S/C30H39N3O3/c1-22-21-24(3-7-28(22)36-20-2-16-33-17-11-23(12-18-33)13-19-33)9-14-31-15-10-25-4-6-27(34)30-26(25)5-8-29(35)32-30/h3-8,21,23,31H,2,9-20H2,1H3,(H-,32,34,35)/p+1. The third kappa shape index (κ3) is 5.76. The van der Waals surface area contributed by atoms with Gasteiger partial charge in [-0.2, -0.15) is 0 Å². The minimum atomic E-state index is -0.204. The first kappa shape index (κ1) is 24.8. The molecule has 0 radical (unpaired) electrons. The van der Waals surface area contributed by atoms with Gasteiger partial charge in [0.2, 0.25) is 5.56 Å². The van der Waals surface area contributed by atoms with E-state index < -0.39 is 0 Å². The molecule has 2 aromatic carbocycles.